The summed E-state index contributed by atoms with van der Waals surface area (Å²) in [5, 5.41) is 2.69. The molecule has 0 saturated heterocycles. The molecule has 1 amide bonds. The van der Waals surface area contributed by atoms with E-state index in [1.54, 1.807) is 18.2 Å². The lowest BCUT2D eigenvalue weighted by Gasteiger charge is -2.35. The molecule has 0 spiro atoms. The van der Waals surface area contributed by atoms with Crippen molar-refractivity contribution in [3.05, 3.63) is 59.4 Å². The van der Waals surface area contributed by atoms with Gasteiger partial charge in [0.05, 0.1) is 5.69 Å². The van der Waals surface area contributed by atoms with Gasteiger partial charge in [-0.1, -0.05) is 29.8 Å². The average molecular weight is 312 g/mol. The summed E-state index contributed by atoms with van der Waals surface area (Å²) in [7, 11) is 0. The second kappa shape index (κ2) is 6.41. The lowest BCUT2D eigenvalue weighted by atomic mass is 9.98. The van der Waals surface area contributed by atoms with E-state index in [2.05, 4.69) is 35.3 Å². The number of hydrogen-bond donors (Lipinski definition) is 1. The Bertz CT molecular complexity index is 729. The van der Waals surface area contributed by atoms with Gasteiger partial charge < -0.3 is 10.2 Å². The molecule has 0 aromatic heterocycles. The number of amides is 1. The van der Waals surface area contributed by atoms with E-state index in [1.165, 1.54) is 17.2 Å². The van der Waals surface area contributed by atoms with Crippen molar-refractivity contribution < 1.29 is 9.18 Å². The van der Waals surface area contributed by atoms with Gasteiger partial charge in [0.1, 0.15) is 11.9 Å². The van der Waals surface area contributed by atoms with Crippen LogP contribution in [0.3, 0.4) is 0 Å². The molecule has 23 heavy (non-hydrogen) atoms. The maximum atomic E-state index is 13.7. The first-order valence-electron chi connectivity index (χ1n) is 7.98. The predicted octanol–water partition coefficient (Wildman–Crippen LogP) is 3.91. The third kappa shape index (κ3) is 3.21. The summed E-state index contributed by atoms with van der Waals surface area (Å²) in [5.74, 6) is -0.605. The van der Waals surface area contributed by atoms with Crippen LogP contribution in [0.25, 0.3) is 0 Å². The van der Waals surface area contributed by atoms with Crippen molar-refractivity contribution >= 4 is 17.3 Å². The number of nitrogens with one attached hydrogen (secondary N) is 1. The number of hydrogen-bond acceptors (Lipinski definition) is 2. The van der Waals surface area contributed by atoms with Crippen molar-refractivity contribution in [3.63, 3.8) is 0 Å². The molecule has 4 heteroatoms. The average Bonchev–Trinajstić information content (AvgIpc) is 2.55. The molecule has 0 unspecified atom stereocenters. The quantitative estimate of drug-likeness (QED) is 0.932. The van der Waals surface area contributed by atoms with Crippen LogP contribution in [0.4, 0.5) is 15.8 Å². The number of carbonyl (C=O) groups is 1. The van der Waals surface area contributed by atoms with Crippen molar-refractivity contribution in [1.82, 2.24) is 0 Å². The van der Waals surface area contributed by atoms with Gasteiger partial charge in [-0.2, -0.15) is 0 Å². The molecule has 3 nitrogen and oxygen atoms in total. The normalized spacial score (nSPS) is 15.0. The van der Waals surface area contributed by atoms with Crippen LogP contribution in [0.2, 0.25) is 0 Å². The number of aryl methyl sites for hydroxylation is 2. The highest BCUT2D eigenvalue weighted by Gasteiger charge is 2.26. The molecule has 1 atom stereocenters. The van der Waals surface area contributed by atoms with E-state index in [-0.39, 0.29) is 17.6 Å². The van der Waals surface area contributed by atoms with Crippen molar-refractivity contribution in [2.24, 2.45) is 0 Å². The predicted molar refractivity (Wildman–Crippen MR) is 91.3 cm³/mol. The van der Waals surface area contributed by atoms with Crippen molar-refractivity contribution in [2.75, 3.05) is 16.8 Å². The molecular weight excluding hydrogens is 291 g/mol. The topological polar surface area (TPSA) is 32.3 Å². The number of fused-ring (bicyclic) bond motifs is 1. The van der Waals surface area contributed by atoms with Gasteiger partial charge in [0, 0.05) is 12.2 Å². The van der Waals surface area contributed by atoms with Crippen LogP contribution in [0.1, 0.15) is 24.5 Å². The summed E-state index contributed by atoms with van der Waals surface area (Å²) in [6, 6.07) is 12.2. The number of halogens is 1. The number of nitrogens with zero attached hydrogens (tertiary/aromatic N) is 1. The number of benzene rings is 2. The first kappa shape index (κ1) is 15.5. The Balaban J connectivity index is 1.80. The Morgan fingerprint density at radius 2 is 2.04 bits per heavy atom. The van der Waals surface area contributed by atoms with Crippen LogP contribution in [-0.4, -0.2) is 18.5 Å². The first-order valence-corrected chi connectivity index (χ1v) is 7.98. The zero-order valence-corrected chi connectivity index (χ0v) is 13.5. The number of anilines is 2. The number of rotatable bonds is 3. The zero-order valence-electron chi connectivity index (χ0n) is 13.5. The van der Waals surface area contributed by atoms with Crippen LogP contribution in [0.5, 0.6) is 0 Å². The molecular formula is C19H21FN2O. The fraction of sp³-hybridized carbons (Fsp3) is 0.316. The Hall–Kier alpha value is -2.36. The molecule has 2 aromatic rings. The van der Waals surface area contributed by atoms with Crippen LogP contribution >= 0.6 is 0 Å². The molecule has 120 valence electrons. The van der Waals surface area contributed by atoms with Crippen LogP contribution in [-0.2, 0) is 11.2 Å². The van der Waals surface area contributed by atoms with E-state index < -0.39 is 5.82 Å². The van der Waals surface area contributed by atoms with Gasteiger partial charge in [0.2, 0.25) is 5.91 Å². The molecule has 1 aliphatic heterocycles. The molecule has 1 aliphatic rings. The van der Waals surface area contributed by atoms with Gasteiger partial charge >= 0.3 is 0 Å². The molecule has 0 radical (unpaired) electrons. The largest absolute Gasteiger partial charge is 0.360 e. The molecule has 0 saturated carbocycles. The molecule has 1 heterocycles. The smallest absolute Gasteiger partial charge is 0.246 e. The van der Waals surface area contributed by atoms with E-state index in [0.717, 1.165) is 25.1 Å². The highest BCUT2D eigenvalue weighted by molar-refractivity contribution is 5.96. The summed E-state index contributed by atoms with van der Waals surface area (Å²) >= 11 is 0. The van der Waals surface area contributed by atoms with E-state index in [1.807, 2.05) is 6.92 Å². The molecule has 0 fully saturated rings. The fourth-order valence-corrected chi connectivity index (χ4v) is 3.10. The number of carbonyl (C=O) groups excluding carboxylic acids is 1. The second-order valence-corrected chi connectivity index (χ2v) is 6.07. The van der Waals surface area contributed by atoms with Gasteiger partial charge in [0.25, 0.3) is 0 Å². The fourth-order valence-electron chi connectivity index (χ4n) is 3.10. The lowest BCUT2D eigenvalue weighted by molar-refractivity contribution is -0.117. The van der Waals surface area contributed by atoms with E-state index >= 15 is 0 Å². The van der Waals surface area contributed by atoms with Gasteiger partial charge in [-0.15, -0.1) is 0 Å². The summed E-state index contributed by atoms with van der Waals surface area (Å²) in [4.78, 5) is 14.6. The molecule has 3 rings (SSSR count). The minimum atomic E-state index is -0.414. The SMILES string of the molecule is Cc1ccc2c(c1)CCCN2[C@H](C)C(=O)Nc1ccccc1F. The lowest BCUT2D eigenvalue weighted by Crippen LogP contribution is -2.44. The maximum absolute atomic E-state index is 13.7. The summed E-state index contributed by atoms with van der Waals surface area (Å²) < 4.78 is 13.7. The second-order valence-electron chi connectivity index (χ2n) is 6.07. The van der Waals surface area contributed by atoms with Crippen molar-refractivity contribution in [3.8, 4) is 0 Å². The zero-order chi connectivity index (χ0) is 16.4. The Morgan fingerprint density at radius 3 is 2.83 bits per heavy atom. The van der Waals surface area contributed by atoms with Gasteiger partial charge in [-0.05, 0) is 50.5 Å². The first-order chi connectivity index (χ1) is 11.1. The van der Waals surface area contributed by atoms with E-state index in [0.29, 0.717) is 0 Å². The van der Waals surface area contributed by atoms with Gasteiger partial charge in [-0.3, -0.25) is 4.79 Å². The molecule has 0 aliphatic carbocycles. The standard InChI is InChI=1S/C19H21FN2O/c1-13-9-10-18-15(12-13)6-5-11-22(18)14(2)19(23)21-17-8-4-3-7-16(17)20/h3-4,7-10,12,14H,5-6,11H2,1-2H3,(H,21,23)/t14-/m1/s1. The third-order valence-corrected chi connectivity index (χ3v) is 4.37. The highest BCUT2D eigenvalue weighted by atomic mass is 19.1. The summed E-state index contributed by atoms with van der Waals surface area (Å²) in [6.07, 6.45) is 2.06. The van der Waals surface area contributed by atoms with Gasteiger partial charge in [0.15, 0.2) is 0 Å². The Morgan fingerprint density at radius 1 is 1.26 bits per heavy atom. The van der Waals surface area contributed by atoms with Crippen LogP contribution in [0.15, 0.2) is 42.5 Å². The van der Waals surface area contributed by atoms with Crippen molar-refractivity contribution in [2.45, 2.75) is 32.7 Å². The summed E-state index contributed by atoms with van der Waals surface area (Å²) in [5.41, 5.74) is 3.85. The van der Waals surface area contributed by atoms with Crippen LogP contribution < -0.4 is 10.2 Å². The Kier molecular flexibility index (Phi) is 4.33. The van der Waals surface area contributed by atoms with Crippen LogP contribution in [0, 0.1) is 12.7 Å². The molecule has 0 bridgehead atoms. The highest BCUT2D eigenvalue weighted by Crippen LogP contribution is 2.30. The van der Waals surface area contributed by atoms with E-state index in [9.17, 15) is 9.18 Å². The van der Waals surface area contributed by atoms with Crippen molar-refractivity contribution in [1.29, 1.82) is 0 Å². The van der Waals surface area contributed by atoms with Gasteiger partial charge in [-0.25, -0.2) is 4.39 Å². The van der Waals surface area contributed by atoms with E-state index in [4.69, 9.17) is 0 Å². The third-order valence-electron chi connectivity index (χ3n) is 4.37. The monoisotopic (exact) mass is 312 g/mol. The minimum Gasteiger partial charge on any atom is -0.360 e. The molecule has 1 N–H and O–H groups in total. The Labute approximate surface area is 136 Å². The minimum absolute atomic E-state index is 0.191. The summed E-state index contributed by atoms with van der Waals surface area (Å²) in [6.45, 7) is 4.78. The maximum Gasteiger partial charge on any atom is 0.246 e. The number of para-hydroxylation sites is 1. The molecule has 2 aromatic carbocycles.